The molecule has 0 saturated heterocycles. The maximum atomic E-state index is 10.7. The van der Waals surface area contributed by atoms with Crippen molar-refractivity contribution in [3.8, 4) is 0 Å². The molecule has 0 spiro atoms. The predicted octanol–water partition coefficient (Wildman–Crippen LogP) is 2.45. The molecule has 0 rings (SSSR count). The van der Waals surface area contributed by atoms with Crippen molar-refractivity contribution in [1.82, 2.24) is 0 Å². The first-order valence-corrected chi connectivity index (χ1v) is 4.83. The Morgan fingerprint density at radius 3 is 2.14 bits per heavy atom. The monoisotopic (exact) mass is 199 g/mol. The zero-order valence-electron chi connectivity index (χ0n) is 10.0. The number of hydrogen-bond donors (Lipinski definition) is 0. The molecule has 0 aliphatic rings. The fourth-order valence-electron chi connectivity index (χ4n) is 0.961. The molecule has 0 fully saturated rings. The minimum absolute atomic E-state index is 0.0757. The predicted molar refractivity (Wildman–Crippen MR) is 58.7 cm³/mol. The molecule has 0 unspecified atom stereocenters. The van der Waals surface area contributed by atoms with E-state index in [0.717, 1.165) is 0 Å². The van der Waals surface area contributed by atoms with Gasteiger partial charge in [0.1, 0.15) is 5.60 Å². The Bertz CT molecular complexity index is 224. The highest BCUT2D eigenvalue weighted by atomic mass is 16.6. The standard InChI is InChI=1S/C11H21NO2/c1-9(13)14-11(5,6)8-12-7-10(2,3)4/h7H,8H2,1-6H3/b12-7+. The SMILES string of the molecule is CC(=O)OC(C)(C)C/N=C/C(C)(C)C. The number of esters is 1. The quantitative estimate of drug-likeness (QED) is 0.517. The van der Waals surface area contributed by atoms with Crippen LogP contribution in [0.2, 0.25) is 0 Å². The topological polar surface area (TPSA) is 38.7 Å². The Morgan fingerprint density at radius 1 is 1.29 bits per heavy atom. The van der Waals surface area contributed by atoms with Crippen molar-refractivity contribution < 1.29 is 9.53 Å². The van der Waals surface area contributed by atoms with E-state index in [1.807, 2.05) is 20.1 Å². The van der Waals surface area contributed by atoms with Gasteiger partial charge in [0.25, 0.3) is 0 Å². The van der Waals surface area contributed by atoms with Crippen LogP contribution in [0.1, 0.15) is 41.5 Å². The third-order valence-electron chi connectivity index (χ3n) is 1.37. The van der Waals surface area contributed by atoms with E-state index in [0.29, 0.717) is 6.54 Å². The van der Waals surface area contributed by atoms with Crippen LogP contribution in [0, 0.1) is 5.41 Å². The summed E-state index contributed by atoms with van der Waals surface area (Å²) in [5.74, 6) is -0.263. The Balaban J connectivity index is 4.11. The van der Waals surface area contributed by atoms with Crippen LogP contribution in [0.3, 0.4) is 0 Å². The maximum absolute atomic E-state index is 10.7. The Labute approximate surface area is 86.6 Å². The fourth-order valence-corrected chi connectivity index (χ4v) is 0.961. The molecule has 0 atom stereocenters. The van der Waals surface area contributed by atoms with Crippen LogP contribution in [-0.4, -0.2) is 24.3 Å². The molecule has 0 N–H and O–H groups in total. The number of ether oxygens (including phenoxy) is 1. The third-order valence-corrected chi connectivity index (χ3v) is 1.37. The summed E-state index contributed by atoms with van der Waals surface area (Å²) in [6.45, 7) is 11.9. The van der Waals surface area contributed by atoms with Gasteiger partial charge < -0.3 is 4.74 Å². The van der Waals surface area contributed by atoms with Gasteiger partial charge in [-0.25, -0.2) is 0 Å². The lowest BCUT2D eigenvalue weighted by atomic mass is 9.99. The zero-order chi connectivity index (χ0) is 11.4. The van der Waals surface area contributed by atoms with Crippen LogP contribution in [0.5, 0.6) is 0 Å². The smallest absolute Gasteiger partial charge is 0.303 e. The van der Waals surface area contributed by atoms with Crippen molar-refractivity contribution in [3.63, 3.8) is 0 Å². The summed E-state index contributed by atoms with van der Waals surface area (Å²) in [5, 5.41) is 0. The number of carbonyl (C=O) groups is 1. The second-order valence-corrected chi connectivity index (χ2v) is 5.19. The van der Waals surface area contributed by atoms with Crippen LogP contribution in [0.4, 0.5) is 0 Å². The molecule has 0 saturated carbocycles. The number of rotatable bonds is 3. The fraction of sp³-hybridized carbons (Fsp3) is 0.818. The van der Waals surface area contributed by atoms with Crippen molar-refractivity contribution in [1.29, 1.82) is 0 Å². The summed E-state index contributed by atoms with van der Waals surface area (Å²) >= 11 is 0. The first-order chi connectivity index (χ1) is 6.12. The van der Waals surface area contributed by atoms with Gasteiger partial charge in [0.15, 0.2) is 0 Å². The Kier molecular flexibility index (Phi) is 4.30. The summed E-state index contributed by atoms with van der Waals surface area (Å²) in [6.07, 6.45) is 1.89. The van der Waals surface area contributed by atoms with E-state index < -0.39 is 5.60 Å². The average molecular weight is 199 g/mol. The highest BCUT2D eigenvalue weighted by Gasteiger charge is 2.20. The molecule has 0 aromatic rings. The van der Waals surface area contributed by atoms with Gasteiger partial charge >= 0.3 is 5.97 Å². The largest absolute Gasteiger partial charge is 0.458 e. The number of hydrogen-bond acceptors (Lipinski definition) is 3. The lowest BCUT2D eigenvalue weighted by Crippen LogP contribution is -2.30. The van der Waals surface area contributed by atoms with Crippen LogP contribution >= 0.6 is 0 Å². The maximum Gasteiger partial charge on any atom is 0.303 e. The van der Waals surface area contributed by atoms with Crippen molar-refractivity contribution in [2.24, 2.45) is 10.4 Å². The summed E-state index contributed by atoms with van der Waals surface area (Å²) in [4.78, 5) is 15.0. The molecule has 0 aromatic heterocycles. The molecule has 0 amide bonds. The van der Waals surface area contributed by atoms with Gasteiger partial charge in [0.2, 0.25) is 0 Å². The van der Waals surface area contributed by atoms with Crippen molar-refractivity contribution in [2.75, 3.05) is 6.54 Å². The molecule has 0 aliphatic carbocycles. The highest BCUT2D eigenvalue weighted by Crippen LogP contribution is 2.12. The van der Waals surface area contributed by atoms with E-state index in [1.165, 1.54) is 6.92 Å². The molecule has 3 nitrogen and oxygen atoms in total. The summed E-state index contributed by atoms with van der Waals surface area (Å²) in [7, 11) is 0. The van der Waals surface area contributed by atoms with Crippen LogP contribution in [0.25, 0.3) is 0 Å². The van der Waals surface area contributed by atoms with Gasteiger partial charge in [-0.2, -0.15) is 0 Å². The van der Waals surface area contributed by atoms with Crippen molar-refractivity contribution in [2.45, 2.75) is 47.1 Å². The van der Waals surface area contributed by atoms with Crippen molar-refractivity contribution in [3.05, 3.63) is 0 Å². The second kappa shape index (κ2) is 4.58. The first kappa shape index (κ1) is 13.1. The zero-order valence-corrected chi connectivity index (χ0v) is 10.0. The van der Waals surface area contributed by atoms with Crippen LogP contribution < -0.4 is 0 Å². The molecular formula is C11H21NO2. The number of carbonyl (C=O) groups excluding carboxylic acids is 1. The van der Waals surface area contributed by atoms with Gasteiger partial charge in [-0.3, -0.25) is 9.79 Å². The Morgan fingerprint density at radius 2 is 1.79 bits per heavy atom. The van der Waals surface area contributed by atoms with Crippen LogP contribution in [0.15, 0.2) is 4.99 Å². The third kappa shape index (κ3) is 7.77. The van der Waals surface area contributed by atoms with Gasteiger partial charge in [-0.1, -0.05) is 20.8 Å². The van der Waals surface area contributed by atoms with Crippen molar-refractivity contribution >= 4 is 12.2 Å². The average Bonchev–Trinajstić information content (AvgIpc) is 1.78. The molecule has 82 valence electrons. The molecular weight excluding hydrogens is 178 g/mol. The van der Waals surface area contributed by atoms with Crippen LogP contribution in [-0.2, 0) is 9.53 Å². The highest BCUT2D eigenvalue weighted by molar-refractivity contribution is 5.66. The molecule has 0 radical (unpaired) electrons. The van der Waals surface area contributed by atoms with E-state index in [-0.39, 0.29) is 11.4 Å². The lowest BCUT2D eigenvalue weighted by Gasteiger charge is -2.22. The molecule has 0 aliphatic heterocycles. The lowest BCUT2D eigenvalue weighted by molar-refractivity contribution is -0.152. The first-order valence-electron chi connectivity index (χ1n) is 4.83. The summed E-state index contributed by atoms with van der Waals surface area (Å²) < 4.78 is 5.10. The van der Waals surface area contributed by atoms with E-state index >= 15 is 0 Å². The van der Waals surface area contributed by atoms with E-state index in [4.69, 9.17) is 4.74 Å². The molecule has 0 aromatic carbocycles. The van der Waals surface area contributed by atoms with E-state index in [1.54, 1.807) is 0 Å². The Hall–Kier alpha value is -0.860. The molecule has 14 heavy (non-hydrogen) atoms. The number of nitrogens with zero attached hydrogens (tertiary/aromatic N) is 1. The summed E-state index contributed by atoms with van der Waals surface area (Å²) in [6, 6.07) is 0. The van der Waals surface area contributed by atoms with E-state index in [9.17, 15) is 4.79 Å². The second-order valence-electron chi connectivity index (χ2n) is 5.19. The van der Waals surface area contributed by atoms with E-state index in [2.05, 4.69) is 25.8 Å². The molecule has 0 bridgehead atoms. The minimum Gasteiger partial charge on any atom is -0.458 e. The van der Waals surface area contributed by atoms with Gasteiger partial charge in [0.05, 0.1) is 6.54 Å². The van der Waals surface area contributed by atoms with Gasteiger partial charge in [-0.05, 0) is 19.3 Å². The molecule has 0 heterocycles. The number of aliphatic imine (C=N–C) groups is 1. The minimum atomic E-state index is -0.506. The normalized spacial score (nSPS) is 13.3. The van der Waals surface area contributed by atoms with Gasteiger partial charge in [0, 0.05) is 13.1 Å². The van der Waals surface area contributed by atoms with Gasteiger partial charge in [-0.15, -0.1) is 0 Å². The summed E-state index contributed by atoms with van der Waals surface area (Å²) in [5.41, 5.74) is -0.431. The molecule has 3 heteroatoms.